The standard InChI is InChI=1S/C20H32N6O3/c1-5-6-10-28-18-23-16(21)15-17(24-18)26(13-22-15)12-14-8-7-9-25(11-14)19(27)29-20(2,3)4/h13-14H,5-12H2,1-4H3,(H2,21,23,24). The second-order valence-corrected chi connectivity index (χ2v) is 8.60. The normalized spacial score (nSPS) is 17.5. The second-order valence-electron chi connectivity index (χ2n) is 8.60. The average Bonchev–Trinajstić information content (AvgIpc) is 3.04. The van der Waals surface area contributed by atoms with Crippen LogP contribution in [0.3, 0.4) is 0 Å². The molecule has 1 aliphatic heterocycles. The molecular weight excluding hydrogens is 372 g/mol. The van der Waals surface area contributed by atoms with Crippen LogP contribution in [-0.2, 0) is 11.3 Å². The Labute approximate surface area is 171 Å². The van der Waals surface area contributed by atoms with E-state index < -0.39 is 5.60 Å². The lowest BCUT2D eigenvalue weighted by molar-refractivity contribution is 0.0158. The molecule has 1 fully saturated rings. The van der Waals surface area contributed by atoms with Crippen molar-refractivity contribution >= 4 is 23.1 Å². The minimum absolute atomic E-state index is 0.254. The topological polar surface area (TPSA) is 108 Å². The summed E-state index contributed by atoms with van der Waals surface area (Å²) < 4.78 is 13.1. The number of hydrogen-bond donors (Lipinski definition) is 1. The van der Waals surface area contributed by atoms with E-state index in [9.17, 15) is 4.79 Å². The van der Waals surface area contributed by atoms with Gasteiger partial charge in [0, 0.05) is 19.6 Å². The van der Waals surface area contributed by atoms with Crippen LogP contribution in [0.4, 0.5) is 10.6 Å². The van der Waals surface area contributed by atoms with Gasteiger partial charge in [0.25, 0.3) is 0 Å². The molecule has 2 aromatic rings. The van der Waals surface area contributed by atoms with E-state index in [0.717, 1.165) is 32.2 Å². The third kappa shape index (κ3) is 5.48. The number of carbonyl (C=O) groups excluding carboxylic acids is 1. The monoisotopic (exact) mass is 404 g/mol. The molecule has 1 amide bonds. The molecule has 160 valence electrons. The number of piperidine rings is 1. The highest BCUT2D eigenvalue weighted by molar-refractivity contribution is 5.81. The molecular formula is C20H32N6O3. The number of aromatic nitrogens is 4. The minimum Gasteiger partial charge on any atom is -0.463 e. The summed E-state index contributed by atoms with van der Waals surface area (Å²) in [5.41, 5.74) is 6.80. The van der Waals surface area contributed by atoms with Crippen LogP contribution in [0.5, 0.6) is 6.01 Å². The van der Waals surface area contributed by atoms with E-state index in [4.69, 9.17) is 15.2 Å². The Morgan fingerprint density at radius 1 is 1.34 bits per heavy atom. The molecule has 9 nitrogen and oxygen atoms in total. The molecule has 0 aliphatic carbocycles. The summed E-state index contributed by atoms with van der Waals surface area (Å²) in [4.78, 5) is 27.3. The van der Waals surface area contributed by atoms with Crippen LogP contribution >= 0.6 is 0 Å². The van der Waals surface area contributed by atoms with Crippen molar-refractivity contribution in [1.29, 1.82) is 0 Å². The van der Waals surface area contributed by atoms with Crippen molar-refractivity contribution in [3.63, 3.8) is 0 Å². The Morgan fingerprint density at radius 2 is 2.14 bits per heavy atom. The second kappa shape index (κ2) is 8.84. The molecule has 1 saturated heterocycles. The van der Waals surface area contributed by atoms with Gasteiger partial charge in [0.2, 0.25) is 0 Å². The Kier molecular flexibility index (Phi) is 6.44. The lowest BCUT2D eigenvalue weighted by atomic mass is 9.98. The number of imidazole rings is 1. The maximum absolute atomic E-state index is 12.4. The van der Waals surface area contributed by atoms with Gasteiger partial charge in [0.05, 0.1) is 12.9 Å². The van der Waals surface area contributed by atoms with Gasteiger partial charge in [0.15, 0.2) is 17.0 Å². The molecule has 1 aliphatic rings. The number of anilines is 1. The molecule has 9 heteroatoms. The number of likely N-dealkylation sites (tertiary alicyclic amines) is 1. The Hall–Kier alpha value is -2.58. The first-order valence-corrected chi connectivity index (χ1v) is 10.4. The number of nitrogens with two attached hydrogens (primary N) is 1. The summed E-state index contributed by atoms with van der Waals surface area (Å²) in [5, 5.41) is 0. The highest BCUT2D eigenvalue weighted by Gasteiger charge is 2.28. The third-order valence-corrected chi connectivity index (χ3v) is 4.82. The van der Waals surface area contributed by atoms with E-state index in [2.05, 4.69) is 21.9 Å². The molecule has 29 heavy (non-hydrogen) atoms. The molecule has 0 radical (unpaired) electrons. The number of rotatable bonds is 6. The van der Waals surface area contributed by atoms with Crippen molar-refractivity contribution in [1.82, 2.24) is 24.4 Å². The summed E-state index contributed by atoms with van der Waals surface area (Å²) in [6.07, 6.45) is 5.42. The van der Waals surface area contributed by atoms with Crippen molar-refractivity contribution in [2.24, 2.45) is 5.92 Å². The first-order chi connectivity index (χ1) is 13.8. The van der Waals surface area contributed by atoms with Gasteiger partial charge >= 0.3 is 12.1 Å². The summed E-state index contributed by atoms with van der Waals surface area (Å²) >= 11 is 0. The molecule has 1 unspecified atom stereocenters. The van der Waals surface area contributed by atoms with Crippen LogP contribution in [0.15, 0.2) is 6.33 Å². The quantitative estimate of drug-likeness (QED) is 0.736. The van der Waals surface area contributed by atoms with Gasteiger partial charge in [-0.1, -0.05) is 13.3 Å². The zero-order chi connectivity index (χ0) is 21.0. The molecule has 2 N–H and O–H groups in total. The number of hydrogen-bond acceptors (Lipinski definition) is 7. The van der Waals surface area contributed by atoms with Gasteiger partial charge in [-0.2, -0.15) is 9.97 Å². The zero-order valence-electron chi connectivity index (χ0n) is 17.8. The van der Waals surface area contributed by atoms with Crippen LogP contribution in [0.25, 0.3) is 11.2 Å². The first kappa shape index (κ1) is 21.1. The molecule has 3 rings (SSSR count). The van der Waals surface area contributed by atoms with E-state index in [1.54, 1.807) is 11.2 Å². The lowest BCUT2D eigenvalue weighted by Gasteiger charge is -2.34. The van der Waals surface area contributed by atoms with Crippen LogP contribution in [0.2, 0.25) is 0 Å². The smallest absolute Gasteiger partial charge is 0.410 e. The number of ether oxygens (including phenoxy) is 2. The highest BCUT2D eigenvalue weighted by Crippen LogP contribution is 2.24. The molecule has 0 saturated carbocycles. The minimum atomic E-state index is -0.493. The Bertz CT molecular complexity index is 845. The Morgan fingerprint density at radius 3 is 2.86 bits per heavy atom. The number of fused-ring (bicyclic) bond motifs is 1. The number of nitrogens with zero attached hydrogens (tertiary/aromatic N) is 5. The largest absolute Gasteiger partial charge is 0.463 e. The maximum atomic E-state index is 12.4. The molecule has 0 bridgehead atoms. The number of amides is 1. The van der Waals surface area contributed by atoms with E-state index in [1.807, 2.05) is 25.3 Å². The zero-order valence-corrected chi connectivity index (χ0v) is 17.8. The first-order valence-electron chi connectivity index (χ1n) is 10.4. The van der Waals surface area contributed by atoms with Crippen molar-refractivity contribution in [3.8, 4) is 6.01 Å². The Balaban J connectivity index is 1.71. The predicted molar refractivity (Wildman–Crippen MR) is 111 cm³/mol. The fraction of sp³-hybridized carbons (Fsp3) is 0.700. The fourth-order valence-electron chi connectivity index (χ4n) is 3.44. The van der Waals surface area contributed by atoms with Gasteiger partial charge in [-0.15, -0.1) is 0 Å². The lowest BCUT2D eigenvalue weighted by Crippen LogP contribution is -2.43. The van der Waals surface area contributed by atoms with Crippen LogP contribution in [-0.4, -0.2) is 55.8 Å². The molecule has 1 atom stereocenters. The van der Waals surface area contributed by atoms with Crippen molar-refractivity contribution in [3.05, 3.63) is 6.33 Å². The molecule has 0 aromatic carbocycles. The maximum Gasteiger partial charge on any atom is 0.410 e. The number of nitrogen functional groups attached to an aromatic ring is 1. The van der Waals surface area contributed by atoms with Gasteiger partial charge in [-0.25, -0.2) is 9.78 Å². The fourth-order valence-corrected chi connectivity index (χ4v) is 3.44. The average molecular weight is 405 g/mol. The third-order valence-electron chi connectivity index (χ3n) is 4.82. The van der Waals surface area contributed by atoms with E-state index >= 15 is 0 Å². The van der Waals surface area contributed by atoms with Gasteiger partial charge < -0.3 is 24.7 Å². The molecule has 3 heterocycles. The van der Waals surface area contributed by atoms with Crippen molar-refractivity contribution in [2.45, 2.75) is 65.5 Å². The number of unbranched alkanes of at least 4 members (excludes halogenated alkanes) is 1. The summed E-state index contributed by atoms with van der Waals surface area (Å²) in [6, 6.07) is 0.282. The molecule has 0 spiro atoms. The van der Waals surface area contributed by atoms with Gasteiger partial charge in [-0.05, 0) is 46.0 Å². The highest BCUT2D eigenvalue weighted by atomic mass is 16.6. The van der Waals surface area contributed by atoms with Gasteiger partial charge in [-0.3, -0.25) is 0 Å². The van der Waals surface area contributed by atoms with E-state index in [0.29, 0.717) is 36.7 Å². The van der Waals surface area contributed by atoms with Crippen molar-refractivity contribution < 1.29 is 14.3 Å². The van der Waals surface area contributed by atoms with E-state index in [1.165, 1.54) is 0 Å². The van der Waals surface area contributed by atoms with Crippen LogP contribution < -0.4 is 10.5 Å². The predicted octanol–water partition coefficient (Wildman–Crippen LogP) is 3.23. The SMILES string of the molecule is CCCCOc1nc(N)c2ncn(CC3CCCN(C(=O)OC(C)(C)C)C3)c2n1. The summed E-state index contributed by atoms with van der Waals surface area (Å²) in [7, 11) is 0. The summed E-state index contributed by atoms with van der Waals surface area (Å²) in [6.45, 7) is 10.4. The van der Waals surface area contributed by atoms with Crippen LogP contribution in [0.1, 0.15) is 53.4 Å². The molecule has 2 aromatic heterocycles. The summed E-state index contributed by atoms with van der Waals surface area (Å²) in [5.74, 6) is 0.605. The van der Waals surface area contributed by atoms with Crippen LogP contribution in [0, 0.1) is 5.92 Å². The van der Waals surface area contributed by atoms with Crippen molar-refractivity contribution in [2.75, 3.05) is 25.4 Å². The number of carbonyl (C=O) groups is 1. The van der Waals surface area contributed by atoms with E-state index in [-0.39, 0.29) is 18.0 Å². The van der Waals surface area contributed by atoms with Gasteiger partial charge in [0.1, 0.15) is 5.60 Å².